The van der Waals surface area contributed by atoms with E-state index in [1.54, 1.807) is 18.6 Å². The number of aryl methyl sites for hydroxylation is 1. The number of hydrogen-bond donors (Lipinski definition) is 1. The zero-order chi connectivity index (χ0) is 17.3. The molecule has 1 aromatic carbocycles. The summed E-state index contributed by atoms with van der Waals surface area (Å²) in [6.07, 6.45) is 6.38. The van der Waals surface area contributed by atoms with Crippen LogP contribution in [0.4, 0.5) is 10.2 Å². The molecule has 1 spiro atoms. The number of ether oxygens (including phenoxy) is 1. The fraction of sp³-hybridized carbons (Fsp3) is 0.474. The summed E-state index contributed by atoms with van der Waals surface area (Å²) in [7, 11) is 0. The van der Waals surface area contributed by atoms with Crippen molar-refractivity contribution in [3.05, 3.63) is 42.1 Å². The Hall–Kier alpha value is -2.21. The lowest BCUT2D eigenvalue weighted by atomic mass is 9.72. The molecule has 5 nitrogen and oxygen atoms in total. The summed E-state index contributed by atoms with van der Waals surface area (Å²) >= 11 is 0. The van der Waals surface area contributed by atoms with Crippen LogP contribution >= 0.6 is 0 Å². The number of nitrogens with one attached hydrogen (secondary N) is 1. The van der Waals surface area contributed by atoms with E-state index >= 15 is 0 Å². The van der Waals surface area contributed by atoms with E-state index in [1.165, 1.54) is 25.0 Å². The number of hydrogen-bond acceptors (Lipinski definition) is 5. The van der Waals surface area contributed by atoms with Crippen LogP contribution < -0.4 is 15.0 Å². The second-order valence-corrected chi connectivity index (χ2v) is 7.02. The molecule has 2 aliphatic rings. The molecule has 0 bridgehead atoms. The van der Waals surface area contributed by atoms with Gasteiger partial charge in [0.1, 0.15) is 17.9 Å². The minimum atomic E-state index is -0.246. The molecule has 2 aliphatic heterocycles. The van der Waals surface area contributed by atoms with Gasteiger partial charge in [0.2, 0.25) is 0 Å². The smallest absolute Gasteiger partial charge is 0.188 e. The average Bonchev–Trinajstić information content (AvgIpc) is 2.62. The first-order chi connectivity index (χ1) is 12.2. The van der Waals surface area contributed by atoms with Crippen LogP contribution in [0.25, 0.3) is 0 Å². The van der Waals surface area contributed by atoms with Crippen molar-refractivity contribution in [2.75, 3.05) is 31.1 Å². The molecular formula is C19H23FN4O. The SMILES string of the molecule is CCc1cc(F)ccc1Oc1cncnc1N1CC2(CCNCC2)C1. The molecule has 2 saturated heterocycles. The van der Waals surface area contributed by atoms with Crippen molar-refractivity contribution in [2.45, 2.75) is 26.2 Å². The number of halogens is 1. The maximum atomic E-state index is 13.5. The van der Waals surface area contributed by atoms with Crippen molar-refractivity contribution >= 4 is 5.82 Å². The van der Waals surface area contributed by atoms with Crippen LogP contribution in [0.3, 0.4) is 0 Å². The molecule has 1 aromatic heterocycles. The molecular weight excluding hydrogens is 319 g/mol. The standard InChI is InChI=1S/C19H23FN4O/c1-2-14-9-15(20)3-4-16(14)25-17-10-22-13-23-18(17)24-11-19(12-24)5-7-21-8-6-19/h3-4,9-10,13,21H,2,5-8,11-12H2,1H3. The summed E-state index contributed by atoms with van der Waals surface area (Å²) in [5.41, 5.74) is 1.26. The van der Waals surface area contributed by atoms with Crippen molar-refractivity contribution in [1.82, 2.24) is 15.3 Å². The minimum absolute atomic E-state index is 0.246. The summed E-state index contributed by atoms with van der Waals surface area (Å²) in [6.45, 7) is 6.19. The van der Waals surface area contributed by atoms with Gasteiger partial charge in [0, 0.05) is 18.5 Å². The van der Waals surface area contributed by atoms with Crippen LogP contribution in [0.15, 0.2) is 30.7 Å². The van der Waals surface area contributed by atoms with Gasteiger partial charge in [-0.3, -0.25) is 0 Å². The zero-order valence-corrected chi connectivity index (χ0v) is 14.5. The average molecular weight is 342 g/mol. The second kappa shape index (κ2) is 6.59. The van der Waals surface area contributed by atoms with Gasteiger partial charge < -0.3 is 15.0 Å². The van der Waals surface area contributed by atoms with E-state index in [0.717, 1.165) is 37.6 Å². The molecule has 0 amide bonds. The van der Waals surface area contributed by atoms with Gasteiger partial charge in [-0.1, -0.05) is 6.92 Å². The zero-order valence-electron chi connectivity index (χ0n) is 14.5. The van der Waals surface area contributed by atoms with Crippen LogP contribution in [-0.4, -0.2) is 36.1 Å². The third kappa shape index (κ3) is 3.18. The number of piperidine rings is 1. The lowest BCUT2D eigenvalue weighted by molar-refractivity contribution is 0.148. The van der Waals surface area contributed by atoms with Gasteiger partial charge in [-0.25, -0.2) is 14.4 Å². The fourth-order valence-electron chi connectivity index (χ4n) is 3.85. The molecule has 1 N–H and O–H groups in total. The molecule has 2 aromatic rings. The quantitative estimate of drug-likeness (QED) is 0.925. The van der Waals surface area contributed by atoms with Crippen molar-refractivity contribution in [1.29, 1.82) is 0 Å². The normalized spacial score (nSPS) is 18.9. The number of nitrogens with zero attached hydrogens (tertiary/aromatic N) is 3. The van der Waals surface area contributed by atoms with Gasteiger partial charge in [-0.2, -0.15) is 0 Å². The molecule has 0 unspecified atom stereocenters. The van der Waals surface area contributed by atoms with Crippen LogP contribution in [0.1, 0.15) is 25.3 Å². The first-order valence-electron chi connectivity index (χ1n) is 8.91. The van der Waals surface area contributed by atoms with Gasteiger partial charge in [-0.15, -0.1) is 0 Å². The Morgan fingerprint density at radius 3 is 2.80 bits per heavy atom. The van der Waals surface area contributed by atoms with E-state index in [-0.39, 0.29) is 5.82 Å². The summed E-state index contributed by atoms with van der Waals surface area (Å²) in [6, 6.07) is 4.62. The Morgan fingerprint density at radius 2 is 2.04 bits per heavy atom. The number of rotatable bonds is 4. The van der Waals surface area contributed by atoms with E-state index < -0.39 is 0 Å². The highest BCUT2D eigenvalue weighted by Crippen LogP contribution is 2.43. The Balaban J connectivity index is 1.54. The number of benzene rings is 1. The van der Waals surface area contributed by atoms with E-state index in [2.05, 4.69) is 20.2 Å². The molecule has 2 fully saturated rings. The van der Waals surface area contributed by atoms with Gasteiger partial charge >= 0.3 is 0 Å². The first-order valence-corrected chi connectivity index (χ1v) is 8.91. The predicted molar refractivity (Wildman–Crippen MR) is 94.6 cm³/mol. The lowest BCUT2D eigenvalue weighted by Crippen LogP contribution is -2.60. The molecule has 4 rings (SSSR count). The highest BCUT2D eigenvalue weighted by atomic mass is 19.1. The summed E-state index contributed by atoms with van der Waals surface area (Å²) in [4.78, 5) is 10.8. The third-order valence-electron chi connectivity index (χ3n) is 5.30. The molecule has 0 atom stereocenters. The van der Waals surface area contributed by atoms with Crippen molar-refractivity contribution in [3.8, 4) is 11.5 Å². The topological polar surface area (TPSA) is 50.3 Å². The predicted octanol–water partition coefficient (Wildman–Crippen LogP) is 3.16. The first kappa shape index (κ1) is 16.3. The molecule has 0 radical (unpaired) electrons. The van der Waals surface area contributed by atoms with E-state index in [1.807, 2.05) is 6.92 Å². The Labute approximate surface area is 147 Å². The molecule has 3 heterocycles. The van der Waals surface area contributed by atoms with Crippen molar-refractivity contribution in [2.24, 2.45) is 5.41 Å². The van der Waals surface area contributed by atoms with E-state index in [9.17, 15) is 4.39 Å². The second-order valence-electron chi connectivity index (χ2n) is 7.02. The van der Waals surface area contributed by atoms with Crippen LogP contribution in [0.2, 0.25) is 0 Å². The minimum Gasteiger partial charge on any atom is -0.452 e. The largest absolute Gasteiger partial charge is 0.452 e. The maximum Gasteiger partial charge on any atom is 0.188 e. The molecule has 0 aliphatic carbocycles. The van der Waals surface area contributed by atoms with Crippen LogP contribution in [0.5, 0.6) is 11.5 Å². The Kier molecular flexibility index (Phi) is 4.29. The lowest BCUT2D eigenvalue weighted by Gasteiger charge is -2.53. The molecule has 25 heavy (non-hydrogen) atoms. The Bertz CT molecular complexity index is 753. The summed E-state index contributed by atoms with van der Waals surface area (Å²) in [5, 5.41) is 3.42. The van der Waals surface area contributed by atoms with Gasteiger partial charge in [0.15, 0.2) is 11.6 Å². The Morgan fingerprint density at radius 1 is 1.24 bits per heavy atom. The van der Waals surface area contributed by atoms with Crippen LogP contribution in [0, 0.1) is 11.2 Å². The third-order valence-corrected chi connectivity index (χ3v) is 5.30. The van der Waals surface area contributed by atoms with Crippen LogP contribution in [-0.2, 0) is 6.42 Å². The molecule has 132 valence electrons. The van der Waals surface area contributed by atoms with Gasteiger partial charge in [0.05, 0.1) is 6.20 Å². The number of aromatic nitrogens is 2. The van der Waals surface area contributed by atoms with Crippen molar-refractivity contribution in [3.63, 3.8) is 0 Å². The van der Waals surface area contributed by atoms with Crippen molar-refractivity contribution < 1.29 is 9.13 Å². The van der Waals surface area contributed by atoms with Gasteiger partial charge in [0.25, 0.3) is 0 Å². The molecule has 6 heteroatoms. The van der Waals surface area contributed by atoms with E-state index in [4.69, 9.17) is 4.74 Å². The maximum absolute atomic E-state index is 13.5. The van der Waals surface area contributed by atoms with Gasteiger partial charge in [-0.05, 0) is 56.1 Å². The fourth-order valence-corrected chi connectivity index (χ4v) is 3.85. The number of anilines is 1. The summed E-state index contributed by atoms with van der Waals surface area (Å²) < 4.78 is 19.5. The highest BCUT2D eigenvalue weighted by Gasteiger charge is 2.44. The summed E-state index contributed by atoms with van der Waals surface area (Å²) in [5.74, 6) is 1.87. The van der Waals surface area contributed by atoms with E-state index in [0.29, 0.717) is 23.3 Å². The highest BCUT2D eigenvalue weighted by molar-refractivity contribution is 5.55. The molecule has 0 saturated carbocycles. The monoisotopic (exact) mass is 342 g/mol.